The Labute approximate surface area is 107 Å². The Morgan fingerprint density at radius 2 is 2.41 bits per heavy atom. The number of aliphatic hydroxyl groups is 1. The Morgan fingerprint density at radius 1 is 1.65 bits per heavy atom. The average molecular weight is 254 g/mol. The molecule has 2 heterocycles. The van der Waals surface area contributed by atoms with Crippen LogP contribution in [0.2, 0.25) is 0 Å². The molecule has 0 bridgehead atoms. The standard InChI is InChI=1S/C13H22N2OS/c1-9-3-5-15(12(9)7-16)13(10(2)14)11-4-6-17-8-11/h4,6,8-10,12-13,16H,3,5,7,14H2,1-2H3. The quantitative estimate of drug-likeness (QED) is 0.862. The van der Waals surface area contributed by atoms with E-state index in [0.29, 0.717) is 5.92 Å². The normalized spacial score (nSPS) is 29.4. The molecule has 0 amide bonds. The molecule has 1 aliphatic rings. The summed E-state index contributed by atoms with van der Waals surface area (Å²) < 4.78 is 0. The summed E-state index contributed by atoms with van der Waals surface area (Å²) in [5.41, 5.74) is 7.44. The zero-order valence-electron chi connectivity index (χ0n) is 10.5. The molecule has 1 aliphatic heterocycles. The summed E-state index contributed by atoms with van der Waals surface area (Å²) in [6.07, 6.45) is 1.15. The summed E-state index contributed by atoms with van der Waals surface area (Å²) in [5.74, 6) is 0.555. The molecular formula is C13H22N2OS. The van der Waals surface area contributed by atoms with Crippen LogP contribution >= 0.6 is 11.3 Å². The van der Waals surface area contributed by atoms with Crippen molar-refractivity contribution >= 4 is 11.3 Å². The van der Waals surface area contributed by atoms with E-state index in [4.69, 9.17) is 5.73 Å². The number of hydrogen-bond donors (Lipinski definition) is 2. The van der Waals surface area contributed by atoms with Crippen LogP contribution in [-0.4, -0.2) is 35.2 Å². The van der Waals surface area contributed by atoms with Gasteiger partial charge in [0.05, 0.1) is 12.6 Å². The van der Waals surface area contributed by atoms with Gasteiger partial charge in [-0.1, -0.05) is 6.92 Å². The first-order valence-electron chi connectivity index (χ1n) is 6.29. The number of hydrogen-bond acceptors (Lipinski definition) is 4. The fourth-order valence-electron chi connectivity index (χ4n) is 2.91. The van der Waals surface area contributed by atoms with E-state index < -0.39 is 0 Å². The first kappa shape index (κ1) is 13.0. The summed E-state index contributed by atoms with van der Waals surface area (Å²) >= 11 is 1.71. The third kappa shape index (κ3) is 2.55. The summed E-state index contributed by atoms with van der Waals surface area (Å²) in [6, 6.07) is 2.73. The number of aliphatic hydroxyl groups excluding tert-OH is 1. The zero-order valence-corrected chi connectivity index (χ0v) is 11.4. The average Bonchev–Trinajstić information content (AvgIpc) is 2.89. The van der Waals surface area contributed by atoms with Crippen LogP contribution in [-0.2, 0) is 0 Å². The van der Waals surface area contributed by atoms with Crippen molar-refractivity contribution in [1.82, 2.24) is 4.90 Å². The molecule has 2 rings (SSSR count). The fourth-order valence-corrected chi connectivity index (χ4v) is 3.60. The highest BCUT2D eigenvalue weighted by Crippen LogP contribution is 2.34. The molecule has 0 saturated carbocycles. The van der Waals surface area contributed by atoms with Crippen LogP contribution < -0.4 is 5.73 Å². The van der Waals surface area contributed by atoms with Gasteiger partial charge in [-0.05, 0) is 48.2 Å². The molecule has 96 valence electrons. The van der Waals surface area contributed by atoms with Gasteiger partial charge in [0.25, 0.3) is 0 Å². The van der Waals surface area contributed by atoms with Crippen LogP contribution in [0.3, 0.4) is 0 Å². The number of likely N-dealkylation sites (tertiary alicyclic amines) is 1. The number of nitrogens with two attached hydrogens (primary N) is 1. The van der Waals surface area contributed by atoms with Gasteiger partial charge < -0.3 is 10.8 Å². The second-order valence-corrected chi connectivity index (χ2v) is 5.89. The van der Waals surface area contributed by atoms with Crippen molar-refractivity contribution in [1.29, 1.82) is 0 Å². The lowest BCUT2D eigenvalue weighted by Crippen LogP contribution is -2.44. The van der Waals surface area contributed by atoms with E-state index in [1.807, 2.05) is 0 Å². The number of rotatable bonds is 4. The first-order chi connectivity index (χ1) is 8.15. The second kappa shape index (κ2) is 5.48. The summed E-state index contributed by atoms with van der Waals surface area (Å²) in [7, 11) is 0. The molecule has 0 radical (unpaired) electrons. The number of nitrogens with zero attached hydrogens (tertiary/aromatic N) is 1. The van der Waals surface area contributed by atoms with Crippen molar-refractivity contribution in [3.05, 3.63) is 22.4 Å². The Balaban J connectivity index is 2.22. The van der Waals surface area contributed by atoms with Crippen LogP contribution in [0, 0.1) is 5.92 Å². The molecule has 3 N–H and O–H groups in total. The molecule has 4 atom stereocenters. The van der Waals surface area contributed by atoms with E-state index in [0.717, 1.165) is 13.0 Å². The predicted octanol–water partition coefficient (Wildman–Crippen LogP) is 1.84. The Hall–Kier alpha value is -0.420. The van der Waals surface area contributed by atoms with Crippen LogP contribution in [0.4, 0.5) is 0 Å². The minimum atomic E-state index is 0.0870. The van der Waals surface area contributed by atoms with Crippen LogP contribution in [0.15, 0.2) is 16.8 Å². The zero-order chi connectivity index (χ0) is 12.4. The minimum Gasteiger partial charge on any atom is -0.395 e. The van der Waals surface area contributed by atoms with Crippen molar-refractivity contribution in [3.63, 3.8) is 0 Å². The first-order valence-corrected chi connectivity index (χ1v) is 7.23. The van der Waals surface area contributed by atoms with E-state index in [1.54, 1.807) is 11.3 Å². The van der Waals surface area contributed by atoms with E-state index in [-0.39, 0.29) is 24.7 Å². The summed E-state index contributed by atoms with van der Waals surface area (Å²) in [5, 5.41) is 13.8. The lowest BCUT2D eigenvalue weighted by Gasteiger charge is -2.35. The van der Waals surface area contributed by atoms with Gasteiger partial charge in [0, 0.05) is 12.1 Å². The van der Waals surface area contributed by atoms with E-state index in [1.165, 1.54) is 5.56 Å². The Kier molecular flexibility index (Phi) is 4.20. The van der Waals surface area contributed by atoms with E-state index in [2.05, 4.69) is 35.6 Å². The van der Waals surface area contributed by atoms with E-state index >= 15 is 0 Å². The lowest BCUT2D eigenvalue weighted by atomic mass is 9.99. The molecule has 3 nitrogen and oxygen atoms in total. The monoisotopic (exact) mass is 254 g/mol. The third-order valence-corrected chi connectivity index (χ3v) is 4.55. The molecule has 1 aromatic heterocycles. The highest BCUT2D eigenvalue weighted by molar-refractivity contribution is 7.07. The SMILES string of the molecule is CC(N)C(c1ccsc1)N1CCC(C)C1CO. The Bertz CT molecular complexity index is 339. The highest BCUT2D eigenvalue weighted by Gasteiger charge is 2.37. The van der Waals surface area contributed by atoms with Gasteiger partial charge in [0.15, 0.2) is 0 Å². The van der Waals surface area contributed by atoms with Crippen molar-refractivity contribution in [3.8, 4) is 0 Å². The number of thiophene rings is 1. The van der Waals surface area contributed by atoms with Gasteiger partial charge in [-0.15, -0.1) is 0 Å². The molecule has 4 heteroatoms. The van der Waals surface area contributed by atoms with Gasteiger partial charge in [-0.25, -0.2) is 0 Å². The highest BCUT2D eigenvalue weighted by atomic mass is 32.1. The van der Waals surface area contributed by atoms with Gasteiger partial charge in [-0.2, -0.15) is 11.3 Å². The molecule has 17 heavy (non-hydrogen) atoms. The molecule has 0 spiro atoms. The lowest BCUT2D eigenvalue weighted by molar-refractivity contribution is 0.0929. The van der Waals surface area contributed by atoms with Crippen molar-refractivity contribution in [2.45, 2.75) is 38.4 Å². The molecule has 1 aromatic rings. The van der Waals surface area contributed by atoms with Crippen LogP contribution in [0.25, 0.3) is 0 Å². The maximum Gasteiger partial charge on any atom is 0.0589 e. The maximum atomic E-state index is 9.56. The smallest absolute Gasteiger partial charge is 0.0589 e. The van der Waals surface area contributed by atoms with Crippen molar-refractivity contribution < 1.29 is 5.11 Å². The minimum absolute atomic E-state index is 0.0870. The van der Waals surface area contributed by atoms with Crippen molar-refractivity contribution in [2.75, 3.05) is 13.2 Å². The molecule has 4 unspecified atom stereocenters. The predicted molar refractivity (Wildman–Crippen MR) is 72.1 cm³/mol. The maximum absolute atomic E-state index is 9.56. The van der Waals surface area contributed by atoms with E-state index in [9.17, 15) is 5.11 Å². The fraction of sp³-hybridized carbons (Fsp3) is 0.692. The molecular weight excluding hydrogens is 232 g/mol. The molecule has 1 saturated heterocycles. The molecule has 0 aliphatic carbocycles. The third-order valence-electron chi connectivity index (χ3n) is 3.85. The van der Waals surface area contributed by atoms with Crippen LogP contribution in [0.1, 0.15) is 31.9 Å². The van der Waals surface area contributed by atoms with Crippen LogP contribution in [0.5, 0.6) is 0 Å². The van der Waals surface area contributed by atoms with Gasteiger partial charge in [0.2, 0.25) is 0 Å². The van der Waals surface area contributed by atoms with Gasteiger partial charge >= 0.3 is 0 Å². The molecule has 1 fully saturated rings. The van der Waals surface area contributed by atoms with Gasteiger partial charge in [0.1, 0.15) is 0 Å². The summed E-state index contributed by atoms with van der Waals surface area (Å²) in [4.78, 5) is 2.39. The summed E-state index contributed by atoms with van der Waals surface area (Å²) in [6.45, 7) is 5.54. The molecule has 0 aromatic carbocycles. The largest absolute Gasteiger partial charge is 0.395 e. The van der Waals surface area contributed by atoms with Crippen molar-refractivity contribution in [2.24, 2.45) is 11.7 Å². The Morgan fingerprint density at radius 3 is 2.94 bits per heavy atom. The van der Waals surface area contributed by atoms with Gasteiger partial charge in [-0.3, -0.25) is 4.90 Å². The second-order valence-electron chi connectivity index (χ2n) is 5.11. The topological polar surface area (TPSA) is 49.5 Å².